The number of carbonyl (C=O) groups excluding carboxylic acids is 1. The molecule has 2 heterocycles. The first-order valence-electron chi connectivity index (χ1n) is 6.66. The Bertz CT molecular complexity index is 810. The van der Waals surface area contributed by atoms with E-state index in [-0.39, 0.29) is 12.5 Å². The summed E-state index contributed by atoms with van der Waals surface area (Å²) in [6.45, 7) is -0.0760. The lowest BCUT2D eigenvalue weighted by Crippen LogP contribution is -2.00. The van der Waals surface area contributed by atoms with E-state index in [0.717, 1.165) is 11.1 Å². The van der Waals surface area contributed by atoms with Gasteiger partial charge in [-0.3, -0.25) is 0 Å². The first-order chi connectivity index (χ1) is 11.2. The van der Waals surface area contributed by atoms with Crippen molar-refractivity contribution in [2.45, 2.75) is 6.61 Å². The number of nitrogens with zero attached hydrogens (tertiary/aromatic N) is 2. The maximum Gasteiger partial charge on any atom is 0.331 e. The predicted molar refractivity (Wildman–Crippen MR) is 87.9 cm³/mol. The summed E-state index contributed by atoms with van der Waals surface area (Å²) in [5, 5.41) is 8.34. The van der Waals surface area contributed by atoms with Crippen LogP contribution in [0.3, 0.4) is 0 Å². The van der Waals surface area contributed by atoms with E-state index in [4.69, 9.17) is 20.9 Å². The van der Waals surface area contributed by atoms with Gasteiger partial charge in [-0.05, 0) is 52.7 Å². The van der Waals surface area contributed by atoms with Crippen molar-refractivity contribution in [3.63, 3.8) is 0 Å². The normalized spacial score (nSPS) is 11.0. The van der Waals surface area contributed by atoms with E-state index >= 15 is 0 Å². The fourth-order valence-electron chi connectivity index (χ4n) is 1.74. The largest absolute Gasteiger partial charge is 0.452 e. The molecule has 0 saturated carbocycles. The summed E-state index contributed by atoms with van der Waals surface area (Å²) >= 11 is 7.39. The van der Waals surface area contributed by atoms with E-state index in [1.807, 2.05) is 16.8 Å². The number of esters is 1. The zero-order valence-electron chi connectivity index (χ0n) is 11.8. The molecule has 0 amide bonds. The Morgan fingerprint density at radius 1 is 1.30 bits per heavy atom. The number of aromatic nitrogens is 2. The van der Waals surface area contributed by atoms with Crippen molar-refractivity contribution in [2.75, 3.05) is 0 Å². The van der Waals surface area contributed by atoms with Gasteiger partial charge >= 0.3 is 5.97 Å². The highest BCUT2D eigenvalue weighted by Gasteiger charge is 2.10. The van der Waals surface area contributed by atoms with Crippen LogP contribution in [0.1, 0.15) is 11.5 Å². The van der Waals surface area contributed by atoms with Gasteiger partial charge in [-0.25, -0.2) is 4.79 Å². The Balaban J connectivity index is 1.57. The number of ether oxygens (including phenoxy) is 1. The van der Waals surface area contributed by atoms with Crippen molar-refractivity contribution in [3.05, 3.63) is 63.6 Å². The first kappa shape index (κ1) is 15.5. The lowest BCUT2D eigenvalue weighted by molar-refractivity contribution is -0.139. The summed E-state index contributed by atoms with van der Waals surface area (Å²) in [6, 6.07) is 8.95. The molecule has 0 atom stereocenters. The van der Waals surface area contributed by atoms with E-state index < -0.39 is 5.97 Å². The third-order valence-corrected chi connectivity index (χ3v) is 3.82. The fourth-order valence-corrected chi connectivity index (χ4v) is 2.50. The molecule has 5 nitrogen and oxygen atoms in total. The van der Waals surface area contributed by atoms with Crippen LogP contribution < -0.4 is 0 Å². The van der Waals surface area contributed by atoms with Crippen LogP contribution in [0.4, 0.5) is 0 Å². The minimum absolute atomic E-state index is 0.0760. The van der Waals surface area contributed by atoms with Gasteiger partial charge in [0.05, 0.1) is 0 Å². The molecular weight excluding hydrogens is 336 g/mol. The highest BCUT2D eigenvalue weighted by Crippen LogP contribution is 2.18. The molecule has 1 aromatic carbocycles. The SMILES string of the molecule is O=C(/C=C/c1ccsc1)OCc1nc(-c2ccc(Cl)cc2)no1. The zero-order valence-corrected chi connectivity index (χ0v) is 13.4. The third kappa shape index (κ3) is 4.28. The van der Waals surface area contributed by atoms with Crippen molar-refractivity contribution >= 4 is 35.0 Å². The lowest BCUT2D eigenvalue weighted by Gasteiger charge is -1.96. The summed E-state index contributed by atoms with van der Waals surface area (Å²) in [4.78, 5) is 15.8. The van der Waals surface area contributed by atoms with Crippen LogP contribution in [0.15, 0.2) is 51.7 Å². The van der Waals surface area contributed by atoms with Crippen LogP contribution in [0.25, 0.3) is 17.5 Å². The second kappa shape index (κ2) is 7.21. The number of rotatable bonds is 5. The molecule has 116 valence electrons. The minimum Gasteiger partial charge on any atom is -0.452 e. The zero-order chi connectivity index (χ0) is 16.1. The molecule has 0 aliphatic rings. The van der Waals surface area contributed by atoms with E-state index in [9.17, 15) is 4.79 Å². The standard InChI is InChI=1S/C16H11ClN2O3S/c17-13-4-2-12(3-5-13)16-18-14(22-19-16)9-21-15(20)6-1-11-7-8-23-10-11/h1-8,10H,9H2/b6-1+. The summed E-state index contributed by atoms with van der Waals surface area (Å²) in [7, 11) is 0. The molecule has 0 spiro atoms. The molecule has 0 fully saturated rings. The summed E-state index contributed by atoms with van der Waals surface area (Å²) in [6.07, 6.45) is 3.05. The number of carbonyl (C=O) groups is 1. The summed E-state index contributed by atoms with van der Waals surface area (Å²) in [5.41, 5.74) is 1.72. The van der Waals surface area contributed by atoms with Crippen LogP contribution in [-0.2, 0) is 16.1 Å². The second-order valence-corrected chi connectivity index (χ2v) is 5.73. The van der Waals surface area contributed by atoms with E-state index in [2.05, 4.69) is 10.1 Å². The van der Waals surface area contributed by atoms with Crippen molar-refractivity contribution in [1.29, 1.82) is 0 Å². The van der Waals surface area contributed by atoms with Gasteiger partial charge in [-0.1, -0.05) is 16.8 Å². The van der Waals surface area contributed by atoms with Gasteiger partial charge in [0.25, 0.3) is 5.89 Å². The smallest absolute Gasteiger partial charge is 0.331 e. The van der Waals surface area contributed by atoms with Crippen molar-refractivity contribution in [2.24, 2.45) is 0 Å². The second-order valence-electron chi connectivity index (χ2n) is 4.52. The quantitative estimate of drug-likeness (QED) is 0.511. The Hall–Kier alpha value is -2.44. The maximum atomic E-state index is 11.6. The molecule has 0 aliphatic carbocycles. The molecular formula is C16H11ClN2O3S. The molecule has 0 saturated heterocycles. The molecule has 0 aliphatic heterocycles. The highest BCUT2D eigenvalue weighted by atomic mass is 35.5. The Morgan fingerprint density at radius 3 is 2.87 bits per heavy atom. The Kier molecular flexibility index (Phi) is 4.85. The summed E-state index contributed by atoms with van der Waals surface area (Å²) < 4.78 is 10.1. The fraction of sp³-hybridized carbons (Fsp3) is 0.0625. The predicted octanol–water partition coefficient (Wildman–Crippen LogP) is 4.21. The number of halogens is 1. The van der Waals surface area contributed by atoms with Gasteiger partial charge in [0.15, 0.2) is 6.61 Å². The molecule has 0 radical (unpaired) electrons. The molecule has 2 aromatic heterocycles. The van der Waals surface area contributed by atoms with Crippen LogP contribution in [-0.4, -0.2) is 16.1 Å². The molecule has 23 heavy (non-hydrogen) atoms. The number of thiophene rings is 1. The molecule has 0 unspecified atom stereocenters. The van der Waals surface area contributed by atoms with E-state index in [1.54, 1.807) is 41.7 Å². The molecule has 0 bridgehead atoms. The van der Waals surface area contributed by atoms with Crippen LogP contribution in [0, 0.1) is 0 Å². The molecule has 7 heteroatoms. The van der Waals surface area contributed by atoms with Gasteiger partial charge in [-0.15, -0.1) is 0 Å². The van der Waals surface area contributed by atoms with Crippen LogP contribution in [0.2, 0.25) is 5.02 Å². The summed E-state index contributed by atoms with van der Waals surface area (Å²) in [5.74, 6) is 0.177. The average molecular weight is 347 g/mol. The monoisotopic (exact) mass is 346 g/mol. The van der Waals surface area contributed by atoms with Gasteiger partial charge in [-0.2, -0.15) is 16.3 Å². The Labute approximate surface area is 141 Å². The maximum absolute atomic E-state index is 11.6. The van der Waals surface area contributed by atoms with Crippen LogP contribution in [0.5, 0.6) is 0 Å². The van der Waals surface area contributed by atoms with E-state index in [1.165, 1.54) is 6.08 Å². The van der Waals surface area contributed by atoms with Gasteiger partial charge < -0.3 is 9.26 Å². The average Bonchev–Trinajstić information content (AvgIpc) is 3.23. The van der Waals surface area contributed by atoms with Gasteiger partial charge in [0.2, 0.25) is 5.82 Å². The van der Waals surface area contributed by atoms with Crippen molar-refractivity contribution in [1.82, 2.24) is 10.1 Å². The van der Waals surface area contributed by atoms with Crippen molar-refractivity contribution in [3.8, 4) is 11.4 Å². The van der Waals surface area contributed by atoms with Gasteiger partial charge in [0.1, 0.15) is 0 Å². The number of benzene rings is 1. The Morgan fingerprint density at radius 2 is 2.13 bits per heavy atom. The third-order valence-electron chi connectivity index (χ3n) is 2.86. The van der Waals surface area contributed by atoms with Gasteiger partial charge in [0, 0.05) is 16.7 Å². The topological polar surface area (TPSA) is 65.2 Å². The number of hydrogen-bond donors (Lipinski definition) is 0. The number of hydrogen-bond acceptors (Lipinski definition) is 6. The lowest BCUT2D eigenvalue weighted by atomic mass is 10.2. The highest BCUT2D eigenvalue weighted by molar-refractivity contribution is 7.08. The first-order valence-corrected chi connectivity index (χ1v) is 7.98. The molecule has 3 rings (SSSR count). The minimum atomic E-state index is -0.470. The van der Waals surface area contributed by atoms with E-state index in [0.29, 0.717) is 10.8 Å². The van der Waals surface area contributed by atoms with Crippen LogP contribution >= 0.6 is 22.9 Å². The van der Waals surface area contributed by atoms with Crippen molar-refractivity contribution < 1.29 is 14.1 Å². The molecule has 3 aromatic rings. The molecule has 0 N–H and O–H groups in total.